The molecule has 4 heteroatoms. The third kappa shape index (κ3) is 3.01. The number of amides is 1. The largest absolute Gasteiger partial charge is 0.398 e. The highest BCUT2D eigenvalue weighted by atomic mass is 19.1. The number of anilines is 1. The topological polar surface area (TPSA) is 46.3 Å². The lowest BCUT2D eigenvalue weighted by molar-refractivity contribution is 0.0776. The Labute approximate surface area is 107 Å². The van der Waals surface area contributed by atoms with Crippen LogP contribution < -0.4 is 5.73 Å². The number of nitrogens with two attached hydrogens (primary N) is 1. The van der Waals surface area contributed by atoms with E-state index in [0.717, 1.165) is 6.42 Å². The lowest BCUT2D eigenvalue weighted by Crippen LogP contribution is -2.32. The number of nitrogens with zero attached hydrogens (tertiary/aromatic N) is 1. The second-order valence-corrected chi connectivity index (χ2v) is 4.10. The zero-order valence-electron chi connectivity index (χ0n) is 10.7. The van der Waals surface area contributed by atoms with E-state index in [1.165, 1.54) is 17.0 Å². The number of carbonyl (C=O) groups is 1. The number of nitrogen functional groups attached to an aromatic ring is 1. The number of rotatable bonds is 4. The smallest absolute Gasteiger partial charge is 0.254 e. The Bertz CT molecular complexity index is 468. The number of terminal acetylenes is 1. The maximum Gasteiger partial charge on any atom is 0.254 e. The van der Waals surface area contributed by atoms with Crippen LogP contribution in [0.15, 0.2) is 12.1 Å². The van der Waals surface area contributed by atoms with E-state index in [0.29, 0.717) is 12.1 Å². The van der Waals surface area contributed by atoms with E-state index in [1.54, 1.807) is 6.92 Å². The third-order valence-corrected chi connectivity index (χ3v) is 2.69. The zero-order chi connectivity index (χ0) is 13.7. The van der Waals surface area contributed by atoms with E-state index in [1.807, 2.05) is 6.92 Å². The summed E-state index contributed by atoms with van der Waals surface area (Å²) in [5.41, 5.74) is 6.52. The van der Waals surface area contributed by atoms with Crippen molar-refractivity contribution in [3.05, 3.63) is 29.1 Å². The molecule has 0 heterocycles. The van der Waals surface area contributed by atoms with Crippen LogP contribution in [0.3, 0.4) is 0 Å². The highest BCUT2D eigenvalue weighted by molar-refractivity contribution is 5.95. The first-order chi connectivity index (χ1) is 8.51. The molecule has 1 aromatic rings. The molecule has 96 valence electrons. The highest BCUT2D eigenvalue weighted by Crippen LogP contribution is 2.18. The molecular formula is C14H17FN2O. The van der Waals surface area contributed by atoms with Gasteiger partial charge >= 0.3 is 0 Å². The van der Waals surface area contributed by atoms with Gasteiger partial charge in [-0.25, -0.2) is 4.39 Å². The molecule has 1 rings (SSSR count). The summed E-state index contributed by atoms with van der Waals surface area (Å²) in [5, 5.41) is 0. The van der Waals surface area contributed by atoms with Gasteiger partial charge in [0, 0.05) is 23.4 Å². The Kier molecular flexibility index (Phi) is 4.73. The summed E-state index contributed by atoms with van der Waals surface area (Å²) in [5.74, 6) is 1.66. The summed E-state index contributed by atoms with van der Waals surface area (Å²) >= 11 is 0. The first-order valence-corrected chi connectivity index (χ1v) is 5.79. The van der Waals surface area contributed by atoms with Crippen molar-refractivity contribution in [1.82, 2.24) is 4.90 Å². The van der Waals surface area contributed by atoms with Crippen LogP contribution in [0.1, 0.15) is 29.3 Å². The standard InChI is InChI=1S/C14H17FN2O/c1-4-6-17(7-5-2)14(18)11-8-12(15)10(3)13(16)9-11/h1,8-9H,5-7,16H2,2-3H3. The maximum absolute atomic E-state index is 13.5. The fourth-order valence-electron chi connectivity index (χ4n) is 1.64. The molecule has 0 aliphatic carbocycles. The molecule has 0 aliphatic rings. The third-order valence-electron chi connectivity index (χ3n) is 2.69. The highest BCUT2D eigenvalue weighted by Gasteiger charge is 2.16. The molecule has 0 fully saturated rings. The van der Waals surface area contributed by atoms with Crippen LogP contribution in [0.2, 0.25) is 0 Å². The van der Waals surface area contributed by atoms with E-state index in [4.69, 9.17) is 12.2 Å². The van der Waals surface area contributed by atoms with Crippen molar-refractivity contribution in [3.8, 4) is 12.3 Å². The monoisotopic (exact) mass is 248 g/mol. The van der Waals surface area contributed by atoms with Gasteiger partial charge < -0.3 is 10.6 Å². The van der Waals surface area contributed by atoms with Gasteiger partial charge in [0.1, 0.15) is 5.82 Å². The first kappa shape index (κ1) is 14.0. The summed E-state index contributed by atoms with van der Waals surface area (Å²) in [4.78, 5) is 13.7. The fourth-order valence-corrected chi connectivity index (χ4v) is 1.64. The molecule has 0 unspecified atom stereocenters. The van der Waals surface area contributed by atoms with Crippen LogP contribution >= 0.6 is 0 Å². The molecule has 1 amide bonds. The van der Waals surface area contributed by atoms with Crippen molar-refractivity contribution < 1.29 is 9.18 Å². The van der Waals surface area contributed by atoms with Crippen LogP contribution in [-0.4, -0.2) is 23.9 Å². The normalized spacial score (nSPS) is 9.89. The van der Waals surface area contributed by atoms with Gasteiger partial charge in [-0.2, -0.15) is 0 Å². The van der Waals surface area contributed by atoms with Gasteiger partial charge in [0.05, 0.1) is 6.54 Å². The Balaban J connectivity index is 3.05. The van der Waals surface area contributed by atoms with Gasteiger partial charge in [0.2, 0.25) is 0 Å². The minimum Gasteiger partial charge on any atom is -0.398 e. The molecule has 2 N–H and O–H groups in total. The van der Waals surface area contributed by atoms with Gasteiger partial charge in [-0.15, -0.1) is 6.42 Å². The van der Waals surface area contributed by atoms with E-state index in [-0.39, 0.29) is 23.7 Å². The molecule has 1 aromatic carbocycles. The molecule has 0 saturated heterocycles. The number of hydrogen-bond donors (Lipinski definition) is 1. The number of hydrogen-bond acceptors (Lipinski definition) is 2. The Morgan fingerprint density at radius 2 is 2.22 bits per heavy atom. The summed E-state index contributed by atoms with van der Waals surface area (Å²) in [6.07, 6.45) is 6.01. The predicted molar refractivity (Wildman–Crippen MR) is 70.6 cm³/mol. The van der Waals surface area contributed by atoms with Gasteiger partial charge in [-0.3, -0.25) is 4.79 Å². The molecule has 0 spiro atoms. The number of halogens is 1. The minimum atomic E-state index is -0.476. The zero-order valence-corrected chi connectivity index (χ0v) is 10.7. The van der Waals surface area contributed by atoms with E-state index < -0.39 is 5.82 Å². The molecule has 0 bridgehead atoms. The lowest BCUT2D eigenvalue weighted by Gasteiger charge is -2.20. The van der Waals surface area contributed by atoms with Crippen LogP contribution in [0.5, 0.6) is 0 Å². The van der Waals surface area contributed by atoms with Gasteiger partial charge in [0.15, 0.2) is 0 Å². The predicted octanol–water partition coefficient (Wildman–Crippen LogP) is 2.20. The average Bonchev–Trinajstić information content (AvgIpc) is 2.34. The lowest BCUT2D eigenvalue weighted by atomic mass is 10.1. The molecule has 0 radical (unpaired) electrons. The molecule has 0 aromatic heterocycles. The van der Waals surface area contributed by atoms with Crippen molar-refractivity contribution in [2.24, 2.45) is 0 Å². The molecular weight excluding hydrogens is 231 g/mol. The van der Waals surface area contributed by atoms with Gasteiger partial charge in [0.25, 0.3) is 5.91 Å². The van der Waals surface area contributed by atoms with Gasteiger partial charge in [-0.05, 0) is 25.5 Å². The van der Waals surface area contributed by atoms with Crippen LogP contribution in [0, 0.1) is 25.1 Å². The van der Waals surface area contributed by atoms with E-state index >= 15 is 0 Å². The van der Waals surface area contributed by atoms with Crippen molar-refractivity contribution >= 4 is 11.6 Å². The Hall–Kier alpha value is -2.02. The average molecular weight is 248 g/mol. The summed E-state index contributed by atoms with van der Waals surface area (Å²) in [6.45, 7) is 4.27. The second kappa shape index (κ2) is 6.06. The number of benzene rings is 1. The first-order valence-electron chi connectivity index (χ1n) is 5.79. The van der Waals surface area contributed by atoms with Crippen LogP contribution in [0.25, 0.3) is 0 Å². The van der Waals surface area contributed by atoms with E-state index in [2.05, 4.69) is 5.92 Å². The minimum absolute atomic E-state index is 0.210. The molecule has 18 heavy (non-hydrogen) atoms. The van der Waals surface area contributed by atoms with Crippen molar-refractivity contribution in [2.75, 3.05) is 18.8 Å². The summed E-state index contributed by atoms with van der Waals surface area (Å²) in [7, 11) is 0. The van der Waals surface area contributed by atoms with Crippen molar-refractivity contribution in [1.29, 1.82) is 0 Å². The molecule has 0 aliphatic heterocycles. The van der Waals surface area contributed by atoms with Crippen LogP contribution in [-0.2, 0) is 0 Å². The second-order valence-electron chi connectivity index (χ2n) is 4.10. The molecule has 0 saturated carbocycles. The molecule has 3 nitrogen and oxygen atoms in total. The molecule has 0 atom stereocenters. The van der Waals surface area contributed by atoms with Crippen molar-refractivity contribution in [2.45, 2.75) is 20.3 Å². The Morgan fingerprint density at radius 1 is 1.56 bits per heavy atom. The van der Waals surface area contributed by atoms with Crippen LogP contribution in [0.4, 0.5) is 10.1 Å². The maximum atomic E-state index is 13.5. The van der Waals surface area contributed by atoms with Gasteiger partial charge in [-0.1, -0.05) is 12.8 Å². The quantitative estimate of drug-likeness (QED) is 0.656. The van der Waals surface area contributed by atoms with Crippen molar-refractivity contribution in [3.63, 3.8) is 0 Å². The Morgan fingerprint density at radius 3 is 2.72 bits per heavy atom. The fraction of sp³-hybridized carbons (Fsp3) is 0.357. The van der Waals surface area contributed by atoms with E-state index in [9.17, 15) is 9.18 Å². The SMILES string of the molecule is C#CCN(CCC)C(=O)c1cc(N)c(C)c(F)c1. The summed E-state index contributed by atoms with van der Waals surface area (Å²) in [6, 6.07) is 2.69. The summed E-state index contributed by atoms with van der Waals surface area (Å²) < 4.78 is 13.5. The number of carbonyl (C=O) groups excluding carboxylic acids is 1.